The second kappa shape index (κ2) is 6.23. The van der Waals surface area contributed by atoms with Crippen molar-refractivity contribution >= 4 is 45.4 Å². The molecule has 25 heavy (non-hydrogen) atoms. The fourth-order valence-electron chi connectivity index (χ4n) is 2.55. The van der Waals surface area contributed by atoms with Crippen LogP contribution < -0.4 is 11.5 Å². The highest BCUT2D eigenvalue weighted by Gasteiger charge is 2.13. The van der Waals surface area contributed by atoms with Gasteiger partial charge in [0.1, 0.15) is 17.9 Å². The first-order valence-electron chi connectivity index (χ1n) is 7.64. The van der Waals surface area contributed by atoms with Crippen LogP contribution in [-0.2, 0) is 11.3 Å². The highest BCUT2D eigenvalue weighted by Crippen LogP contribution is 2.28. The molecule has 0 saturated carbocycles. The van der Waals surface area contributed by atoms with Crippen molar-refractivity contribution in [3.63, 3.8) is 0 Å². The molecule has 0 aliphatic carbocycles. The third-order valence-electron chi connectivity index (χ3n) is 3.92. The Balaban J connectivity index is 2.14. The van der Waals surface area contributed by atoms with E-state index in [4.69, 9.17) is 16.9 Å². The highest BCUT2D eigenvalue weighted by atomic mass is 16.2. The molecule has 8 heteroatoms. The molecule has 0 aliphatic rings. The largest absolute Gasteiger partial charge is 0.398 e. The number of hydrogen-bond acceptors (Lipinski definition) is 6. The predicted molar refractivity (Wildman–Crippen MR) is 99.1 cm³/mol. The second-order valence-electron chi connectivity index (χ2n) is 5.89. The lowest BCUT2D eigenvalue weighted by Gasteiger charge is -2.09. The lowest BCUT2D eigenvalue weighted by Crippen LogP contribution is -2.26. The molecule has 0 fully saturated rings. The lowest BCUT2D eigenvalue weighted by atomic mass is 10.1. The van der Waals surface area contributed by atoms with Crippen molar-refractivity contribution in [1.29, 1.82) is 5.41 Å². The van der Waals surface area contributed by atoms with Gasteiger partial charge in [0.2, 0.25) is 5.91 Å². The zero-order valence-electron chi connectivity index (χ0n) is 14.0. The summed E-state index contributed by atoms with van der Waals surface area (Å²) in [4.78, 5) is 17.8. The molecule has 5 N–H and O–H groups in total. The summed E-state index contributed by atoms with van der Waals surface area (Å²) in [6, 6.07) is 5.53. The molecule has 3 rings (SSSR count). The number of fused-ring (bicyclic) bond motifs is 3. The van der Waals surface area contributed by atoms with Crippen LogP contribution in [0, 0.1) is 5.41 Å². The van der Waals surface area contributed by atoms with E-state index in [1.165, 1.54) is 11.0 Å². The van der Waals surface area contributed by atoms with Gasteiger partial charge in [-0.15, -0.1) is 0 Å². The number of rotatable bonds is 4. The monoisotopic (exact) mass is 337 g/mol. The molecule has 1 amide bonds. The van der Waals surface area contributed by atoms with E-state index in [0.717, 1.165) is 17.2 Å². The number of nitrogens with one attached hydrogen (secondary N) is 1. The Labute approximate surface area is 144 Å². The number of nitrogens with zero attached hydrogens (tertiary/aromatic N) is 4. The van der Waals surface area contributed by atoms with Gasteiger partial charge in [-0.05, 0) is 23.8 Å². The van der Waals surface area contributed by atoms with E-state index in [9.17, 15) is 4.79 Å². The van der Waals surface area contributed by atoms with Gasteiger partial charge in [0.15, 0.2) is 0 Å². The minimum Gasteiger partial charge on any atom is -0.398 e. The molecule has 0 atom stereocenters. The Morgan fingerprint density at radius 3 is 2.80 bits per heavy atom. The van der Waals surface area contributed by atoms with Gasteiger partial charge >= 0.3 is 0 Å². The summed E-state index contributed by atoms with van der Waals surface area (Å²) in [5, 5.41) is 13.1. The maximum absolute atomic E-state index is 11.9. The zero-order valence-corrected chi connectivity index (χ0v) is 14.0. The molecule has 0 saturated heterocycles. The van der Waals surface area contributed by atoms with Crippen molar-refractivity contribution in [2.75, 3.05) is 19.8 Å². The smallest absolute Gasteiger partial charge is 0.243 e. The number of likely N-dealkylation sites (N-methyl/N-ethyl adjacent to an activating group) is 1. The van der Waals surface area contributed by atoms with E-state index >= 15 is 0 Å². The first kappa shape index (κ1) is 16.4. The molecule has 3 aromatic rings. The van der Waals surface area contributed by atoms with Crippen molar-refractivity contribution in [1.82, 2.24) is 19.7 Å². The summed E-state index contributed by atoms with van der Waals surface area (Å²) in [6.07, 6.45) is 4.37. The number of amides is 1. The van der Waals surface area contributed by atoms with Crippen LogP contribution in [0.1, 0.15) is 5.56 Å². The maximum Gasteiger partial charge on any atom is 0.243 e. The van der Waals surface area contributed by atoms with Crippen LogP contribution >= 0.6 is 0 Å². The van der Waals surface area contributed by atoms with E-state index in [-0.39, 0.29) is 12.5 Å². The number of hydrogen-bond donors (Lipinski definition) is 3. The first-order chi connectivity index (χ1) is 11.9. The van der Waals surface area contributed by atoms with Crippen molar-refractivity contribution in [2.24, 2.45) is 5.73 Å². The molecule has 0 unspecified atom stereocenters. The number of allylic oxidation sites excluding steroid dienone is 1. The number of aromatic nitrogens is 3. The molecule has 0 radical (unpaired) electrons. The van der Waals surface area contributed by atoms with Crippen LogP contribution in [0.5, 0.6) is 0 Å². The minimum absolute atomic E-state index is 0.0597. The average molecular weight is 337 g/mol. The van der Waals surface area contributed by atoms with E-state index in [1.54, 1.807) is 25.0 Å². The Kier molecular flexibility index (Phi) is 4.10. The zero-order chi connectivity index (χ0) is 18.1. The van der Waals surface area contributed by atoms with E-state index < -0.39 is 0 Å². The Hall–Kier alpha value is -3.42. The SMILES string of the molecule is CN(C)C(=O)Cn1cc2c(N)nc3cc(C(N)=CC=N)ccc3c2n1. The molecule has 0 aliphatic heterocycles. The summed E-state index contributed by atoms with van der Waals surface area (Å²) in [6.45, 7) is 0.135. The molecular weight excluding hydrogens is 318 g/mol. The van der Waals surface area contributed by atoms with Gasteiger partial charge in [-0.2, -0.15) is 5.10 Å². The number of benzene rings is 1. The van der Waals surface area contributed by atoms with E-state index in [0.29, 0.717) is 27.9 Å². The number of pyridine rings is 1. The van der Waals surface area contributed by atoms with E-state index in [1.807, 2.05) is 18.2 Å². The summed E-state index contributed by atoms with van der Waals surface area (Å²) in [5.41, 5.74) is 14.6. The molecule has 2 aromatic heterocycles. The summed E-state index contributed by atoms with van der Waals surface area (Å²) in [5.74, 6) is 0.285. The van der Waals surface area contributed by atoms with Gasteiger partial charge < -0.3 is 21.8 Å². The standard InChI is InChI=1S/C17H19N7O/c1-23(2)15(25)9-24-8-12-16(22-24)11-4-3-10(13(19)5-6-18)7-14(11)21-17(12)20/h3-8,18H,9,19H2,1-2H3,(H2,20,21). The second-order valence-corrected chi connectivity index (χ2v) is 5.89. The van der Waals surface area contributed by atoms with Crippen LogP contribution in [-0.4, -0.2) is 45.9 Å². The normalized spacial score (nSPS) is 11.8. The maximum atomic E-state index is 11.9. The van der Waals surface area contributed by atoms with Gasteiger partial charge in [-0.3, -0.25) is 9.48 Å². The van der Waals surface area contributed by atoms with Gasteiger partial charge in [0.05, 0.1) is 10.9 Å². The molecule has 2 heterocycles. The molecule has 0 spiro atoms. The summed E-state index contributed by atoms with van der Waals surface area (Å²) < 4.78 is 1.57. The van der Waals surface area contributed by atoms with Gasteiger partial charge in [0.25, 0.3) is 0 Å². The fraction of sp³-hybridized carbons (Fsp3) is 0.176. The molecule has 0 bridgehead atoms. The quantitative estimate of drug-likeness (QED) is 0.617. The van der Waals surface area contributed by atoms with Gasteiger partial charge in [-0.25, -0.2) is 4.98 Å². The van der Waals surface area contributed by atoms with Crippen LogP contribution in [0.4, 0.5) is 5.82 Å². The van der Waals surface area contributed by atoms with Crippen molar-refractivity contribution in [3.8, 4) is 0 Å². The lowest BCUT2D eigenvalue weighted by molar-refractivity contribution is -0.129. The van der Waals surface area contributed by atoms with Crippen molar-refractivity contribution < 1.29 is 4.79 Å². The molecule has 8 nitrogen and oxygen atoms in total. The third kappa shape index (κ3) is 3.01. The Morgan fingerprint density at radius 1 is 1.36 bits per heavy atom. The number of carbonyl (C=O) groups is 1. The predicted octanol–water partition coefficient (Wildman–Crippen LogP) is 1.20. The van der Waals surface area contributed by atoms with Crippen LogP contribution in [0.3, 0.4) is 0 Å². The minimum atomic E-state index is -0.0597. The van der Waals surface area contributed by atoms with Crippen LogP contribution in [0.25, 0.3) is 27.5 Å². The molecule has 128 valence electrons. The summed E-state index contributed by atoms with van der Waals surface area (Å²) in [7, 11) is 3.40. The van der Waals surface area contributed by atoms with E-state index in [2.05, 4.69) is 10.1 Å². The van der Waals surface area contributed by atoms with Crippen molar-refractivity contribution in [2.45, 2.75) is 6.54 Å². The topological polar surface area (TPSA) is 127 Å². The van der Waals surface area contributed by atoms with Crippen LogP contribution in [0.2, 0.25) is 0 Å². The third-order valence-corrected chi connectivity index (χ3v) is 3.92. The van der Waals surface area contributed by atoms with Gasteiger partial charge in [0, 0.05) is 37.6 Å². The van der Waals surface area contributed by atoms with Crippen molar-refractivity contribution in [3.05, 3.63) is 36.0 Å². The van der Waals surface area contributed by atoms with Crippen LogP contribution in [0.15, 0.2) is 30.5 Å². The molecular formula is C17H19N7O. The first-order valence-corrected chi connectivity index (χ1v) is 7.64. The fourth-order valence-corrected chi connectivity index (χ4v) is 2.55. The Bertz CT molecular complexity index is 1020. The Morgan fingerprint density at radius 2 is 2.12 bits per heavy atom. The number of nitrogens with two attached hydrogens (primary N) is 2. The highest BCUT2D eigenvalue weighted by molar-refractivity contribution is 6.08. The number of anilines is 1. The van der Waals surface area contributed by atoms with Gasteiger partial charge in [-0.1, -0.05) is 6.07 Å². The average Bonchev–Trinajstić information content (AvgIpc) is 2.99. The molecule has 1 aromatic carbocycles. The summed E-state index contributed by atoms with van der Waals surface area (Å²) >= 11 is 0. The number of nitrogen functional groups attached to an aromatic ring is 1. The number of carbonyl (C=O) groups excluding carboxylic acids is 1.